The van der Waals surface area contributed by atoms with Gasteiger partial charge in [0, 0.05) is 24.4 Å². The Balaban J connectivity index is 2.37. The van der Waals surface area contributed by atoms with Crippen LogP contribution in [0.2, 0.25) is 0 Å². The first-order valence-corrected chi connectivity index (χ1v) is 6.61. The van der Waals surface area contributed by atoms with E-state index < -0.39 is 0 Å². The van der Waals surface area contributed by atoms with Gasteiger partial charge in [-0.25, -0.2) is 4.98 Å². The molecule has 3 N–H and O–H groups in total. The number of nitrogens with two attached hydrogens (primary N) is 1. The summed E-state index contributed by atoms with van der Waals surface area (Å²) in [6, 6.07) is 4.11. The van der Waals surface area contributed by atoms with Crippen LogP contribution in [0.25, 0.3) is 5.65 Å². The summed E-state index contributed by atoms with van der Waals surface area (Å²) >= 11 is 0. The predicted octanol–water partition coefficient (Wildman–Crippen LogP) is 1.61. The van der Waals surface area contributed by atoms with Gasteiger partial charge in [0.05, 0.1) is 5.69 Å². The molecule has 0 unspecified atom stereocenters. The van der Waals surface area contributed by atoms with Crippen LogP contribution in [0.5, 0.6) is 0 Å². The maximum atomic E-state index is 5.51. The minimum atomic E-state index is 0.696. The highest BCUT2D eigenvalue weighted by atomic mass is 15.3. The van der Waals surface area contributed by atoms with Gasteiger partial charge in [-0.3, -0.25) is 0 Å². The molecule has 0 fully saturated rings. The van der Waals surface area contributed by atoms with Gasteiger partial charge in [-0.15, -0.1) is 0 Å². The molecule has 5 nitrogen and oxygen atoms in total. The second-order valence-corrected chi connectivity index (χ2v) is 4.31. The number of nitrogens with zero attached hydrogens (tertiary/aromatic N) is 3. The van der Waals surface area contributed by atoms with Gasteiger partial charge in [0.2, 0.25) is 0 Å². The SMILES string of the molecule is CCc1cc(NCCCN)n2nc(CC)cc2n1. The van der Waals surface area contributed by atoms with Crippen LogP contribution in [0.4, 0.5) is 5.82 Å². The third-order valence-electron chi connectivity index (χ3n) is 2.94. The summed E-state index contributed by atoms with van der Waals surface area (Å²) in [5, 5.41) is 7.93. The number of nitrogens with one attached hydrogen (secondary N) is 1. The van der Waals surface area contributed by atoms with Crippen LogP contribution in [-0.4, -0.2) is 27.7 Å². The Labute approximate surface area is 107 Å². The van der Waals surface area contributed by atoms with E-state index in [9.17, 15) is 0 Å². The maximum absolute atomic E-state index is 5.51. The van der Waals surface area contributed by atoms with Crippen molar-refractivity contribution in [3.63, 3.8) is 0 Å². The number of aryl methyl sites for hydroxylation is 2. The third kappa shape index (κ3) is 2.61. The molecule has 2 aromatic rings. The fourth-order valence-corrected chi connectivity index (χ4v) is 1.87. The van der Waals surface area contributed by atoms with Crippen LogP contribution >= 0.6 is 0 Å². The molecule has 0 saturated heterocycles. The third-order valence-corrected chi connectivity index (χ3v) is 2.94. The highest BCUT2D eigenvalue weighted by molar-refractivity contribution is 5.50. The van der Waals surface area contributed by atoms with Crippen LogP contribution in [0.15, 0.2) is 12.1 Å². The molecule has 98 valence electrons. The van der Waals surface area contributed by atoms with Gasteiger partial charge in [0.15, 0.2) is 5.65 Å². The first kappa shape index (κ1) is 12.8. The summed E-state index contributed by atoms with van der Waals surface area (Å²) in [7, 11) is 0. The highest BCUT2D eigenvalue weighted by Crippen LogP contribution is 2.15. The van der Waals surface area contributed by atoms with Crippen molar-refractivity contribution < 1.29 is 0 Å². The zero-order valence-corrected chi connectivity index (χ0v) is 11.1. The van der Waals surface area contributed by atoms with Gasteiger partial charge in [0.25, 0.3) is 0 Å². The van der Waals surface area contributed by atoms with Gasteiger partial charge in [-0.1, -0.05) is 13.8 Å². The quantitative estimate of drug-likeness (QED) is 0.761. The van der Waals surface area contributed by atoms with Crippen LogP contribution < -0.4 is 11.1 Å². The lowest BCUT2D eigenvalue weighted by molar-refractivity contribution is 0.836. The molecule has 0 aromatic carbocycles. The van der Waals surface area contributed by atoms with E-state index in [1.807, 2.05) is 10.6 Å². The van der Waals surface area contributed by atoms with E-state index in [2.05, 4.69) is 35.3 Å². The van der Waals surface area contributed by atoms with Crippen molar-refractivity contribution in [3.8, 4) is 0 Å². The average molecular weight is 247 g/mol. The first-order chi connectivity index (χ1) is 8.78. The molecular weight excluding hydrogens is 226 g/mol. The molecule has 0 aliphatic heterocycles. The molecule has 0 spiro atoms. The van der Waals surface area contributed by atoms with E-state index in [0.29, 0.717) is 6.54 Å². The number of hydrogen-bond donors (Lipinski definition) is 2. The number of rotatable bonds is 6. The van der Waals surface area contributed by atoms with Crippen molar-refractivity contribution in [2.75, 3.05) is 18.4 Å². The van der Waals surface area contributed by atoms with Gasteiger partial charge in [-0.2, -0.15) is 9.61 Å². The zero-order valence-electron chi connectivity index (χ0n) is 11.1. The number of aromatic nitrogens is 3. The summed E-state index contributed by atoms with van der Waals surface area (Å²) in [4.78, 5) is 4.59. The van der Waals surface area contributed by atoms with E-state index >= 15 is 0 Å². The summed E-state index contributed by atoms with van der Waals surface area (Å²) in [5.74, 6) is 1.00. The van der Waals surface area contributed by atoms with Crippen LogP contribution in [-0.2, 0) is 12.8 Å². The van der Waals surface area contributed by atoms with Crippen molar-refractivity contribution in [3.05, 3.63) is 23.5 Å². The standard InChI is InChI=1S/C13H21N5/c1-3-10-8-12(15-7-5-6-14)18-13(16-10)9-11(4-2)17-18/h8-9,15H,3-7,14H2,1-2H3. The number of anilines is 1. The summed E-state index contributed by atoms with van der Waals surface area (Å²) < 4.78 is 1.88. The highest BCUT2D eigenvalue weighted by Gasteiger charge is 2.07. The first-order valence-electron chi connectivity index (χ1n) is 6.61. The Bertz CT molecular complexity index is 517. The summed E-state index contributed by atoms with van der Waals surface area (Å²) in [6.07, 6.45) is 2.80. The smallest absolute Gasteiger partial charge is 0.157 e. The van der Waals surface area contributed by atoms with E-state index in [1.165, 1.54) is 0 Å². The van der Waals surface area contributed by atoms with Crippen LogP contribution in [0.3, 0.4) is 0 Å². The van der Waals surface area contributed by atoms with E-state index in [0.717, 1.165) is 48.7 Å². The molecule has 0 atom stereocenters. The predicted molar refractivity (Wildman–Crippen MR) is 73.9 cm³/mol. The lowest BCUT2D eigenvalue weighted by atomic mass is 10.3. The minimum Gasteiger partial charge on any atom is -0.370 e. The molecule has 0 aliphatic rings. The maximum Gasteiger partial charge on any atom is 0.157 e. The fourth-order valence-electron chi connectivity index (χ4n) is 1.87. The lowest BCUT2D eigenvalue weighted by Crippen LogP contribution is -2.12. The molecule has 0 radical (unpaired) electrons. The van der Waals surface area contributed by atoms with Crippen molar-refractivity contribution in [2.24, 2.45) is 5.73 Å². The summed E-state index contributed by atoms with van der Waals surface area (Å²) in [6.45, 7) is 5.77. The number of hydrogen-bond acceptors (Lipinski definition) is 4. The second-order valence-electron chi connectivity index (χ2n) is 4.31. The Morgan fingerprint density at radius 1 is 1.22 bits per heavy atom. The fraction of sp³-hybridized carbons (Fsp3) is 0.538. The Hall–Kier alpha value is -1.62. The molecule has 2 heterocycles. The minimum absolute atomic E-state index is 0.696. The Morgan fingerprint density at radius 3 is 2.67 bits per heavy atom. The van der Waals surface area contributed by atoms with Crippen LogP contribution in [0, 0.1) is 0 Å². The van der Waals surface area contributed by atoms with Gasteiger partial charge < -0.3 is 11.1 Å². The molecule has 0 saturated carbocycles. The largest absolute Gasteiger partial charge is 0.370 e. The van der Waals surface area contributed by atoms with Gasteiger partial charge >= 0.3 is 0 Å². The molecule has 5 heteroatoms. The van der Waals surface area contributed by atoms with E-state index in [4.69, 9.17) is 5.73 Å². The normalized spacial score (nSPS) is 11.1. The van der Waals surface area contributed by atoms with E-state index in [-0.39, 0.29) is 0 Å². The summed E-state index contributed by atoms with van der Waals surface area (Å²) in [5.41, 5.74) is 8.58. The molecule has 0 bridgehead atoms. The van der Waals surface area contributed by atoms with Crippen molar-refractivity contribution in [2.45, 2.75) is 33.1 Å². The van der Waals surface area contributed by atoms with Gasteiger partial charge in [0.1, 0.15) is 5.82 Å². The Morgan fingerprint density at radius 2 is 2.00 bits per heavy atom. The topological polar surface area (TPSA) is 68.2 Å². The zero-order chi connectivity index (χ0) is 13.0. The monoisotopic (exact) mass is 247 g/mol. The molecule has 0 amide bonds. The molecule has 2 rings (SSSR count). The average Bonchev–Trinajstić information content (AvgIpc) is 2.81. The van der Waals surface area contributed by atoms with Crippen molar-refractivity contribution in [1.82, 2.24) is 14.6 Å². The Kier molecular flexibility index (Phi) is 4.15. The van der Waals surface area contributed by atoms with Crippen molar-refractivity contribution >= 4 is 11.5 Å². The molecule has 18 heavy (non-hydrogen) atoms. The second kappa shape index (κ2) is 5.82. The van der Waals surface area contributed by atoms with Crippen LogP contribution in [0.1, 0.15) is 31.7 Å². The lowest BCUT2D eigenvalue weighted by Gasteiger charge is -2.09. The van der Waals surface area contributed by atoms with E-state index in [1.54, 1.807) is 0 Å². The van der Waals surface area contributed by atoms with Gasteiger partial charge in [-0.05, 0) is 25.8 Å². The number of fused-ring (bicyclic) bond motifs is 1. The molecule has 2 aromatic heterocycles. The molecule has 0 aliphatic carbocycles. The van der Waals surface area contributed by atoms with Crippen molar-refractivity contribution in [1.29, 1.82) is 0 Å². The molecular formula is C13H21N5.